The number of rotatable bonds is 6. The Morgan fingerprint density at radius 3 is 2.65 bits per heavy atom. The molecular weight excluding hydrogens is 246 g/mol. The molecule has 2 saturated carbocycles. The molecule has 1 aromatic heterocycles. The first kappa shape index (κ1) is 14.1. The van der Waals surface area contributed by atoms with E-state index in [2.05, 4.69) is 43.2 Å². The summed E-state index contributed by atoms with van der Waals surface area (Å²) in [5.74, 6) is 2.94. The third-order valence-electron chi connectivity index (χ3n) is 5.69. The van der Waals surface area contributed by atoms with Crippen LogP contribution in [0.3, 0.4) is 0 Å². The predicted molar refractivity (Wildman–Crippen MR) is 82.7 cm³/mol. The molecule has 1 heterocycles. The Hall–Kier alpha value is -0.830. The van der Waals surface area contributed by atoms with Crippen LogP contribution in [0.2, 0.25) is 0 Å². The highest BCUT2D eigenvalue weighted by Gasteiger charge is 2.53. The summed E-state index contributed by atoms with van der Waals surface area (Å²) in [5.41, 5.74) is 1.26. The summed E-state index contributed by atoms with van der Waals surface area (Å²) in [7, 11) is 2.13. The van der Waals surface area contributed by atoms with Gasteiger partial charge in [0.2, 0.25) is 0 Å². The van der Waals surface area contributed by atoms with Gasteiger partial charge in [0.05, 0.1) is 5.69 Å². The molecule has 3 rings (SSSR count). The fourth-order valence-electron chi connectivity index (χ4n) is 4.22. The first-order valence-electron chi connectivity index (χ1n) is 8.46. The van der Waals surface area contributed by atoms with Gasteiger partial charge < -0.3 is 5.32 Å². The molecular formula is C17H29N3. The lowest BCUT2D eigenvalue weighted by molar-refractivity contribution is 0.441. The fourth-order valence-corrected chi connectivity index (χ4v) is 4.22. The summed E-state index contributed by atoms with van der Waals surface area (Å²) in [4.78, 5) is 0. The molecule has 0 amide bonds. The molecule has 1 N–H and O–H groups in total. The standard InChI is InChI=1S/C17H29N3/c1-4-12(2)20-10-9-13(19-20)11-16(18-3)17-14-7-5-6-8-15(14)17/h9-10,12,14-18H,4-8,11H2,1-3H3. The second-order valence-corrected chi connectivity index (χ2v) is 6.83. The van der Waals surface area contributed by atoms with E-state index in [1.807, 2.05) is 0 Å². The van der Waals surface area contributed by atoms with Gasteiger partial charge in [-0.3, -0.25) is 4.68 Å². The molecule has 3 nitrogen and oxygen atoms in total. The van der Waals surface area contributed by atoms with E-state index in [0.717, 1.165) is 30.6 Å². The van der Waals surface area contributed by atoms with Crippen LogP contribution in [0.4, 0.5) is 0 Å². The average molecular weight is 275 g/mol. The van der Waals surface area contributed by atoms with Crippen molar-refractivity contribution in [3.05, 3.63) is 18.0 Å². The molecule has 112 valence electrons. The van der Waals surface area contributed by atoms with Crippen LogP contribution in [-0.2, 0) is 6.42 Å². The summed E-state index contributed by atoms with van der Waals surface area (Å²) in [6, 6.07) is 3.35. The van der Waals surface area contributed by atoms with Crippen LogP contribution in [0.5, 0.6) is 0 Å². The number of nitrogens with one attached hydrogen (secondary N) is 1. The van der Waals surface area contributed by atoms with Gasteiger partial charge in [-0.25, -0.2) is 0 Å². The van der Waals surface area contributed by atoms with Crippen molar-refractivity contribution in [1.29, 1.82) is 0 Å². The van der Waals surface area contributed by atoms with Gasteiger partial charge in [-0.2, -0.15) is 5.10 Å². The van der Waals surface area contributed by atoms with E-state index in [1.165, 1.54) is 31.4 Å². The van der Waals surface area contributed by atoms with E-state index in [1.54, 1.807) is 0 Å². The van der Waals surface area contributed by atoms with Gasteiger partial charge in [0.25, 0.3) is 0 Å². The van der Waals surface area contributed by atoms with Crippen molar-refractivity contribution in [1.82, 2.24) is 15.1 Å². The molecule has 3 heteroatoms. The average Bonchev–Trinajstić information content (AvgIpc) is 3.02. The Balaban J connectivity index is 1.62. The molecule has 0 saturated heterocycles. The van der Waals surface area contributed by atoms with Crippen molar-refractivity contribution in [3.63, 3.8) is 0 Å². The number of nitrogens with zero attached hydrogens (tertiary/aromatic N) is 2. The summed E-state index contributed by atoms with van der Waals surface area (Å²) >= 11 is 0. The van der Waals surface area contributed by atoms with E-state index in [-0.39, 0.29) is 0 Å². The normalized spacial score (nSPS) is 31.6. The van der Waals surface area contributed by atoms with Gasteiger partial charge in [0.15, 0.2) is 0 Å². The maximum Gasteiger partial charge on any atom is 0.0640 e. The van der Waals surface area contributed by atoms with Crippen molar-refractivity contribution >= 4 is 0 Å². The van der Waals surface area contributed by atoms with E-state index in [0.29, 0.717) is 12.1 Å². The Kier molecular flexibility index (Phi) is 4.16. The number of hydrogen-bond donors (Lipinski definition) is 1. The maximum atomic E-state index is 4.77. The first-order valence-corrected chi connectivity index (χ1v) is 8.46. The molecule has 0 bridgehead atoms. The maximum absolute atomic E-state index is 4.77. The zero-order chi connectivity index (χ0) is 14.1. The minimum Gasteiger partial charge on any atom is -0.316 e. The lowest BCUT2D eigenvalue weighted by Gasteiger charge is -2.15. The van der Waals surface area contributed by atoms with Crippen molar-refractivity contribution in [2.24, 2.45) is 17.8 Å². The van der Waals surface area contributed by atoms with Crippen molar-refractivity contribution < 1.29 is 0 Å². The largest absolute Gasteiger partial charge is 0.316 e. The first-order chi connectivity index (χ1) is 9.74. The summed E-state index contributed by atoms with van der Waals surface area (Å²) < 4.78 is 2.13. The number of fused-ring (bicyclic) bond motifs is 1. The van der Waals surface area contributed by atoms with Crippen LogP contribution in [0.1, 0.15) is 57.7 Å². The SMILES string of the molecule is CCC(C)n1ccc(CC(NC)C2C3CCCCC32)n1. The number of hydrogen-bond acceptors (Lipinski definition) is 2. The lowest BCUT2D eigenvalue weighted by Crippen LogP contribution is -2.31. The number of aromatic nitrogens is 2. The molecule has 0 aromatic carbocycles. The van der Waals surface area contributed by atoms with Gasteiger partial charge in [-0.1, -0.05) is 19.8 Å². The van der Waals surface area contributed by atoms with Crippen molar-refractivity contribution in [2.45, 2.75) is 64.5 Å². The second-order valence-electron chi connectivity index (χ2n) is 6.83. The van der Waals surface area contributed by atoms with Crippen LogP contribution in [0.25, 0.3) is 0 Å². The molecule has 20 heavy (non-hydrogen) atoms. The second kappa shape index (κ2) is 5.88. The minimum absolute atomic E-state index is 0.514. The molecule has 0 aliphatic heterocycles. The zero-order valence-corrected chi connectivity index (χ0v) is 13.2. The molecule has 2 aliphatic carbocycles. The summed E-state index contributed by atoms with van der Waals surface area (Å²) in [6.07, 6.45) is 10.2. The van der Waals surface area contributed by atoms with Gasteiger partial charge in [0, 0.05) is 24.7 Å². The highest BCUT2D eigenvalue weighted by Crippen LogP contribution is 2.57. The molecule has 2 fully saturated rings. The Morgan fingerprint density at radius 2 is 2.05 bits per heavy atom. The van der Waals surface area contributed by atoms with Gasteiger partial charge in [0.1, 0.15) is 0 Å². The van der Waals surface area contributed by atoms with Crippen LogP contribution in [-0.4, -0.2) is 22.9 Å². The van der Waals surface area contributed by atoms with E-state index < -0.39 is 0 Å². The lowest BCUT2D eigenvalue weighted by atomic mass is 10.0. The molecule has 4 atom stereocenters. The molecule has 4 unspecified atom stereocenters. The van der Waals surface area contributed by atoms with Gasteiger partial charge >= 0.3 is 0 Å². The highest BCUT2D eigenvalue weighted by atomic mass is 15.3. The fraction of sp³-hybridized carbons (Fsp3) is 0.824. The smallest absolute Gasteiger partial charge is 0.0640 e. The monoisotopic (exact) mass is 275 g/mol. The molecule has 1 aromatic rings. The Labute approximate surface area is 123 Å². The quantitative estimate of drug-likeness (QED) is 0.862. The van der Waals surface area contributed by atoms with Crippen molar-refractivity contribution in [3.8, 4) is 0 Å². The summed E-state index contributed by atoms with van der Waals surface area (Å²) in [6.45, 7) is 4.46. The van der Waals surface area contributed by atoms with E-state index >= 15 is 0 Å². The molecule has 0 radical (unpaired) electrons. The molecule has 0 spiro atoms. The van der Waals surface area contributed by atoms with Crippen molar-refractivity contribution in [2.75, 3.05) is 7.05 Å². The van der Waals surface area contributed by atoms with Gasteiger partial charge in [-0.05, 0) is 57.1 Å². The van der Waals surface area contributed by atoms with Crippen LogP contribution in [0, 0.1) is 17.8 Å². The predicted octanol–water partition coefficient (Wildman–Crippen LogP) is 3.42. The Bertz CT molecular complexity index is 427. The van der Waals surface area contributed by atoms with Crippen LogP contribution in [0.15, 0.2) is 12.3 Å². The molecule has 2 aliphatic rings. The van der Waals surface area contributed by atoms with Crippen LogP contribution >= 0.6 is 0 Å². The van der Waals surface area contributed by atoms with Crippen LogP contribution < -0.4 is 5.32 Å². The minimum atomic E-state index is 0.514. The number of likely N-dealkylation sites (N-methyl/N-ethyl adjacent to an activating group) is 1. The highest BCUT2D eigenvalue weighted by molar-refractivity contribution is 5.10. The van der Waals surface area contributed by atoms with E-state index in [4.69, 9.17) is 5.10 Å². The third-order valence-corrected chi connectivity index (χ3v) is 5.69. The third kappa shape index (κ3) is 2.65. The summed E-state index contributed by atoms with van der Waals surface area (Å²) in [5, 5.41) is 8.35. The van der Waals surface area contributed by atoms with E-state index in [9.17, 15) is 0 Å². The zero-order valence-electron chi connectivity index (χ0n) is 13.2. The topological polar surface area (TPSA) is 29.9 Å². The Morgan fingerprint density at radius 1 is 1.35 bits per heavy atom. The van der Waals surface area contributed by atoms with Gasteiger partial charge in [-0.15, -0.1) is 0 Å².